The molecule has 0 aliphatic carbocycles. The minimum atomic E-state index is 0.580. The second kappa shape index (κ2) is 17.9. The first-order valence-corrected chi connectivity index (χ1v) is 24.2. The first-order valence-electron chi connectivity index (χ1n) is 24.2. The summed E-state index contributed by atoms with van der Waals surface area (Å²) in [7, 11) is 0. The molecule has 13 aromatic rings. The van der Waals surface area contributed by atoms with E-state index in [0.29, 0.717) is 23.2 Å². The second-order valence-corrected chi connectivity index (χ2v) is 18.3. The van der Waals surface area contributed by atoms with Crippen LogP contribution in [0.2, 0.25) is 0 Å². The molecule has 0 unspecified atom stereocenters. The van der Waals surface area contributed by atoms with Crippen molar-refractivity contribution in [2.45, 2.75) is 0 Å². The first kappa shape index (κ1) is 42.3. The van der Waals surface area contributed by atoms with Crippen LogP contribution < -0.4 is 0 Å². The van der Waals surface area contributed by atoms with Crippen LogP contribution in [-0.2, 0) is 0 Å². The van der Waals surface area contributed by atoms with E-state index in [1.807, 2.05) is 42.5 Å². The minimum absolute atomic E-state index is 0.580. The zero-order valence-corrected chi connectivity index (χ0v) is 39.0. The van der Waals surface area contributed by atoms with Crippen LogP contribution in [0.25, 0.3) is 138 Å². The van der Waals surface area contributed by atoms with Crippen LogP contribution in [0.15, 0.2) is 255 Å². The van der Waals surface area contributed by atoms with Crippen LogP contribution in [-0.4, -0.2) is 15.0 Å². The van der Waals surface area contributed by atoms with Crippen molar-refractivity contribution in [3.63, 3.8) is 0 Å². The van der Waals surface area contributed by atoms with E-state index >= 15 is 0 Å². The third kappa shape index (κ3) is 7.92. The molecule has 0 spiro atoms. The van der Waals surface area contributed by atoms with Crippen molar-refractivity contribution < 1.29 is 0 Å². The molecular formula is C68H42N4. The Labute approximate surface area is 417 Å². The maximum absolute atomic E-state index is 8.09. The molecule has 0 radical (unpaired) electrons. The number of aromatic nitrogens is 3. The van der Waals surface area contributed by atoms with Gasteiger partial charge in [-0.15, -0.1) is 0 Å². The lowest BCUT2D eigenvalue weighted by molar-refractivity contribution is 1.07. The van der Waals surface area contributed by atoms with Crippen molar-refractivity contribution in [1.82, 2.24) is 15.0 Å². The number of hydrogen-bond acceptors (Lipinski definition) is 3. The second-order valence-electron chi connectivity index (χ2n) is 18.3. The molecule has 0 amide bonds. The van der Waals surface area contributed by atoms with E-state index < -0.39 is 0 Å². The van der Waals surface area contributed by atoms with E-state index in [1.54, 1.807) is 0 Å². The van der Waals surface area contributed by atoms with Gasteiger partial charge in [0.2, 0.25) is 0 Å². The summed E-state index contributed by atoms with van der Waals surface area (Å²) in [5.74, 6) is 1.80. The Morgan fingerprint density at radius 1 is 0.222 bits per heavy atom. The molecule has 0 bridgehead atoms. The predicted octanol–water partition coefficient (Wildman–Crippen LogP) is 18.4. The summed E-state index contributed by atoms with van der Waals surface area (Å²) in [4.78, 5) is 19.0. The molecule has 0 fully saturated rings. The Morgan fingerprint density at radius 3 is 1.12 bits per heavy atom. The van der Waals surface area contributed by atoms with Gasteiger partial charge in [-0.05, 0) is 141 Å². The molecule has 4 heteroatoms. The Morgan fingerprint density at radius 2 is 0.569 bits per heavy atom. The normalized spacial score (nSPS) is 11.3. The molecule has 0 aliphatic heterocycles. The molecule has 1 aromatic heterocycles. The summed E-state index contributed by atoms with van der Waals surface area (Å²) < 4.78 is 0. The summed E-state index contributed by atoms with van der Waals surface area (Å²) in [6.45, 7) is 8.09. The van der Waals surface area contributed by atoms with Gasteiger partial charge < -0.3 is 0 Å². The van der Waals surface area contributed by atoms with E-state index in [1.165, 1.54) is 48.7 Å². The average molecular weight is 915 g/mol. The fraction of sp³-hybridized carbons (Fsp3) is 0. The maximum Gasteiger partial charge on any atom is 0.188 e. The molecule has 12 aromatic carbocycles. The molecule has 0 aliphatic rings. The lowest BCUT2D eigenvalue weighted by atomic mass is 9.91. The number of fused-ring (bicyclic) bond motifs is 7. The summed E-state index contributed by atoms with van der Waals surface area (Å²) in [6.07, 6.45) is 0. The molecule has 4 nitrogen and oxygen atoms in total. The molecule has 1 heterocycles. The van der Waals surface area contributed by atoms with Crippen molar-refractivity contribution in [3.05, 3.63) is 266 Å². The van der Waals surface area contributed by atoms with Gasteiger partial charge in [-0.25, -0.2) is 19.8 Å². The van der Waals surface area contributed by atoms with E-state index in [-0.39, 0.29) is 0 Å². The topological polar surface area (TPSA) is 43.0 Å². The van der Waals surface area contributed by atoms with Gasteiger partial charge >= 0.3 is 0 Å². The molecule has 0 atom stereocenters. The molecular weight excluding hydrogens is 873 g/mol. The number of nitrogens with zero attached hydrogens (tertiary/aromatic N) is 4. The Hall–Kier alpha value is -9.82. The number of hydrogen-bond donors (Lipinski definition) is 0. The van der Waals surface area contributed by atoms with Gasteiger partial charge in [0, 0.05) is 16.7 Å². The molecule has 0 N–H and O–H groups in total. The van der Waals surface area contributed by atoms with Gasteiger partial charge in [-0.1, -0.05) is 212 Å². The molecule has 13 rings (SSSR count). The van der Waals surface area contributed by atoms with Crippen LogP contribution in [0.5, 0.6) is 0 Å². The van der Waals surface area contributed by atoms with Gasteiger partial charge in [0.15, 0.2) is 23.2 Å². The van der Waals surface area contributed by atoms with Crippen LogP contribution >= 0.6 is 0 Å². The van der Waals surface area contributed by atoms with Crippen LogP contribution in [0, 0.1) is 6.57 Å². The summed E-state index contributed by atoms with van der Waals surface area (Å²) in [5.41, 5.74) is 14.1. The van der Waals surface area contributed by atoms with Crippen molar-refractivity contribution >= 4 is 48.8 Å². The Kier molecular flexibility index (Phi) is 10.5. The molecule has 0 saturated carbocycles. The van der Waals surface area contributed by atoms with Gasteiger partial charge in [0.05, 0.1) is 6.57 Å². The van der Waals surface area contributed by atoms with E-state index in [9.17, 15) is 0 Å². The van der Waals surface area contributed by atoms with Crippen LogP contribution in [0.1, 0.15) is 0 Å². The quantitative estimate of drug-likeness (QED) is 0.113. The highest BCUT2D eigenvalue weighted by Gasteiger charge is 2.15. The highest BCUT2D eigenvalue weighted by Crippen LogP contribution is 2.39. The summed E-state index contributed by atoms with van der Waals surface area (Å²) >= 11 is 0. The van der Waals surface area contributed by atoms with Crippen molar-refractivity contribution in [2.24, 2.45) is 0 Å². The zero-order chi connectivity index (χ0) is 48.0. The van der Waals surface area contributed by atoms with Crippen molar-refractivity contribution in [1.29, 1.82) is 0 Å². The molecule has 0 saturated heterocycles. The predicted molar refractivity (Wildman–Crippen MR) is 300 cm³/mol. The standard InChI is InChI=1S/C68H42N4/c1-69-59-41-57(40-58(42-59)54-20-12-18-52(39-54)51-17-11-19-53(38-51)56-35-36-64-62-23-8-7-21-60(62)61-22-9-10-24-63(61)65(64)43-56)46-27-32-49(33-28-46)68-71-66(47-14-3-2-4-15-47)70-67(72-68)48-30-25-45(26-31-48)55-34-29-44-13-5-6-16-50(44)37-55/h2-43H. The fourth-order valence-corrected chi connectivity index (χ4v) is 10.2. The average Bonchev–Trinajstić information content (AvgIpc) is 3.47. The van der Waals surface area contributed by atoms with Gasteiger partial charge in [-0.2, -0.15) is 0 Å². The van der Waals surface area contributed by atoms with Gasteiger partial charge in [0.1, 0.15) is 0 Å². The van der Waals surface area contributed by atoms with E-state index in [2.05, 4.69) is 217 Å². The zero-order valence-electron chi connectivity index (χ0n) is 39.0. The minimum Gasteiger partial charge on any atom is -0.238 e. The van der Waals surface area contributed by atoms with E-state index in [0.717, 1.165) is 66.8 Å². The highest BCUT2D eigenvalue weighted by molar-refractivity contribution is 6.25. The fourth-order valence-electron chi connectivity index (χ4n) is 10.2. The van der Waals surface area contributed by atoms with Gasteiger partial charge in [0.25, 0.3) is 0 Å². The first-order chi connectivity index (χ1) is 35.6. The molecule has 334 valence electrons. The lowest BCUT2D eigenvalue weighted by Gasteiger charge is -2.13. The smallest absolute Gasteiger partial charge is 0.188 e. The third-order valence-electron chi connectivity index (χ3n) is 13.9. The van der Waals surface area contributed by atoms with E-state index in [4.69, 9.17) is 21.5 Å². The number of rotatable bonds is 8. The van der Waals surface area contributed by atoms with Crippen LogP contribution in [0.3, 0.4) is 0 Å². The number of benzene rings is 12. The largest absolute Gasteiger partial charge is 0.238 e. The Bertz CT molecular complexity index is 4230. The maximum atomic E-state index is 8.09. The monoisotopic (exact) mass is 914 g/mol. The summed E-state index contributed by atoms with van der Waals surface area (Å²) in [6, 6.07) is 89.7. The highest BCUT2D eigenvalue weighted by atomic mass is 15.0. The van der Waals surface area contributed by atoms with Crippen molar-refractivity contribution in [3.8, 4) is 89.8 Å². The SMILES string of the molecule is [C-]#[N+]c1cc(-c2ccc(-c3nc(-c4ccccc4)nc(-c4ccc(-c5ccc6ccccc6c5)cc4)n3)cc2)cc(-c2cccc(-c3cccc(-c4ccc5c6ccccc6c6ccccc6c5c4)c3)c2)c1. The summed E-state index contributed by atoms with van der Waals surface area (Å²) in [5, 5.41) is 10.0. The third-order valence-corrected chi connectivity index (χ3v) is 13.9. The Balaban J connectivity index is 0.806. The van der Waals surface area contributed by atoms with Gasteiger partial charge in [-0.3, -0.25) is 0 Å². The van der Waals surface area contributed by atoms with Crippen LogP contribution in [0.4, 0.5) is 5.69 Å². The lowest BCUT2D eigenvalue weighted by Crippen LogP contribution is -2.00. The van der Waals surface area contributed by atoms with Crippen molar-refractivity contribution in [2.75, 3.05) is 0 Å². The molecule has 72 heavy (non-hydrogen) atoms.